The second-order valence-electron chi connectivity index (χ2n) is 9.34. The first-order valence-corrected chi connectivity index (χ1v) is 12.3. The largest absolute Gasteiger partial charge is 0.416 e. The Morgan fingerprint density at radius 1 is 0.872 bits per heavy atom. The molecule has 1 aliphatic heterocycles. The number of rotatable bonds is 5. The molecule has 0 amide bonds. The van der Waals surface area contributed by atoms with Gasteiger partial charge in [-0.15, -0.1) is 10.2 Å². The maximum Gasteiger partial charge on any atom is 0.416 e. The minimum Gasteiger partial charge on any atom is -0.339 e. The fraction of sp³-hybridized carbons (Fsp3) is 0.222. The molecule has 0 radical (unpaired) electrons. The molecule has 6 rings (SSSR count). The molecule has 0 atom stereocenters. The van der Waals surface area contributed by atoms with Gasteiger partial charge in [-0.25, -0.2) is 9.38 Å². The van der Waals surface area contributed by atoms with Crippen LogP contribution in [0, 0.1) is 10.1 Å². The van der Waals surface area contributed by atoms with Crippen LogP contribution in [0.4, 0.5) is 24.8 Å². The van der Waals surface area contributed by atoms with Crippen molar-refractivity contribution in [2.24, 2.45) is 0 Å². The third kappa shape index (κ3) is 4.63. The molecule has 3 heterocycles. The van der Waals surface area contributed by atoms with E-state index in [0.717, 1.165) is 28.6 Å². The van der Waals surface area contributed by atoms with Crippen molar-refractivity contribution in [1.82, 2.24) is 24.5 Å². The summed E-state index contributed by atoms with van der Waals surface area (Å²) in [7, 11) is 0. The predicted molar refractivity (Wildman–Crippen MR) is 139 cm³/mol. The van der Waals surface area contributed by atoms with Crippen LogP contribution in [-0.2, 0) is 12.7 Å². The molecule has 12 heteroatoms. The smallest absolute Gasteiger partial charge is 0.339 e. The van der Waals surface area contributed by atoms with Gasteiger partial charge in [-0.1, -0.05) is 36.4 Å². The molecular formula is C27H22F3N7O2. The van der Waals surface area contributed by atoms with E-state index in [1.807, 2.05) is 24.3 Å². The fourth-order valence-corrected chi connectivity index (χ4v) is 4.94. The maximum absolute atomic E-state index is 12.9. The minimum atomic E-state index is -4.36. The molecule has 1 aliphatic rings. The summed E-state index contributed by atoms with van der Waals surface area (Å²) >= 11 is 0. The number of para-hydroxylation sites is 2. The SMILES string of the molecule is O=[N+]([O-])c1ccccc1-c1nnc2c3ccccc3nc(N3CCN(Cc4ccc(C(F)(F)F)cc4)CC3)n12. The fourth-order valence-electron chi connectivity index (χ4n) is 4.94. The monoisotopic (exact) mass is 533 g/mol. The molecule has 5 aromatic rings. The highest BCUT2D eigenvalue weighted by molar-refractivity contribution is 5.93. The summed E-state index contributed by atoms with van der Waals surface area (Å²) in [5, 5.41) is 21.3. The number of anilines is 1. The maximum atomic E-state index is 12.9. The highest BCUT2D eigenvalue weighted by Crippen LogP contribution is 2.33. The lowest BCUT2D eigenvalue weighted by molar-refractivity contribution is -0.384. The van der Waals surface area contributed by atoms with Crippen molar-refractivity contribution in [3.8, 4) is 11.4 Å². The molecule has 0 saturated carbocycles. The van der Waals surface area contributed by atoms with Crippen molar-refractivity contribution >= 4 is 28.2 Å². The predicted octanol–water partition coefficient (Wildman–Crippen LogP) is 5.19. The summed E-state index contributed by atoms with van der Waals surface area (Å²) < 4.78 is 40.5. The Morgan fingerprint density at radius 2 is 1.56 bits per heavy atom. The number of nitrogens with zero attached hydrogens (tertiary/aromatic N) is 7. The number of piperazine rings is 1. The number of aromatic nitrogens is 4. The first-order valence-electron chi connectivity index (χ1n) is 12.3. The molecule has 2 aromatic heterocycles. The average molecular weight is 534 g/mol. The Morgan fingerprint density at radius 3 is 2.28 bits per heavy atom. The second kappa shape index (κ2) is 9.62. The first kappa shape index (κ1) is 24.7. The summed E-state index contributed by atoms with van der Waals surface area (Å²) in [6.07, 6.45) is -4.36. The highest BCUT2D eigenvalue weighted by atomic mass is 19.4. The number of fused-ring (bicyclic) bond motifs is 3. The van der Waals surface area contributed by atoms with Crippen molar-refractivity contribution in [3.63, 3.8) is 0 Å². The van der Waals surface area contributed by atoms with Crippen molar-refractivity contribution < 1.29 is 18.1 Å². The summed E-state index contributed by atoms with van der Waals surface area (Å²) in [4.78, 5) is 20.5. The summed E-state index contributed by atoms with van der Waals surface area (Å²) in [6.45, 7) is 3.02. The lowest BCUT2D eigenvalue weighted by Gasteiger charge is -2.35. The van der Waals surface area contributed by atoms with Gasteiger partial charge >= 0.3 is 6.18 Å². The van der Waals surface area contributed by atoms with Crippen LogP contribution >= 0.6 is 0 Å². The quantitative estimate of drug-likeness (QED) is 0.227. The van der Waals surface area contributed by atoms with E-state index in [-0.39, 0.29) is 5.69 Å². The number of alkyl halides is 3. The zero-order chi connectivity index (χ0) is 27.1. The lowest BCUT2D eigenvalue weighted by Crippen LogP contribution is -2.46. The third-order valence-electron chi connectivity index (χ3n) is 6.91. The van der Waals surface area contributed by atoms with Gasteiger partial charge in [0.1, 0.15) is 0 Å². The van der Waals surface area contributed by atoms with Gasteiger partial charge in [0.2, 0.25) is 5.95 Å². The Bertz CT molecular complexity index is 1680. The van der Waals surface area contributed by atoms with E-state index in [0.29, 0.717) is 55.7 Å². The molecule has 0 spiro atoms. The zero-order valence-electron chi connectivity index (χ0n) is 20.5. The van der Waals surface area contributed by atoms with Gasteiger partial charge in [0.15, 0.2) is 11.5 Å². The summed E-state index contributed by atoms with van der Waals surface area (Å²) in [6, 6.07) is 19.2. The van der Waals surface area contributed by atoms with E-state index >= 15 is 0 Å². The van der Waals surface area contributed by atoms with Crippen LogP contribution in [-0.4, -0.2) is 55.6 Å². The number of halogens is 3. The van der Waals surface area contributed by atoms with Crippen LogP contribution < -0.4 is 4.90 Å². The molecule has 198 valence electrons. The number of nitro groups is 1. The molecule has 0 unspecified atom stereocenters. The Kier molecular flexibility index (Phi) is 6.10. The molecule has 9 nitrogen and oxygen atoms in total. The lowest BCUT2D eigenvalue weighted by atomic mass is 10.1. The van der Waals surface area contributed by atoms with Crippen LogP contribution in [0.15, 0.2) is 72.8 Å². The number of benzene rings is 3. The van der Waals surface area contributed by atoms with Crippen molar-refractivity contribution in [3.05, 3.63) is 94.0 Å². The standard InChI is InChI=1S/C27H22F3N7O2/c28-27(29,30)19-11-9-18(10-12-19)17-34-13-15-35(16-14-34)26-31-22-7-3-1-5-20(22)24-32-33-25(36(24)26)21-6-2-4-8-23(21)37(38)39/h1-12H,13-17H2. The molecular weight excluding hydrogens is 511 g/mol. The topological polar surface area (TPSA) is 92.7 Å². The van der Waals surface area contributed by atoms with E-state index in [1.54, 1.807) is 22.6 Å². The second-order valence-corrected chi connectivity index (χ2v) is 9.34. The molecule has 1 saturated heterocycles. The van der Waals surface area contributed by atoms with Crippen LogP contribution in [0.1, 0.15) is 11.1 Å². The van der Waals surface area contributed by atoms with Gasteiger partial charge in [0, 0.05) is 44.2 Å². The number of hydrogen-bond donors (Lipinski definition) is 0. The Hall–Kier alpha value is -4.58. The number of hydrogen-bond acceptors (Lipinski definition) is 7. The van der Waals surface area contributed by atoms with E-state index in [9.17, 15) is 23.3 Å². The summed E-state index contributed by atoms with van der Waals surface area (Å²) in [5.74, 6) is 0.911. The van der Waals surface area contributed by atoms with E-state index in [4.69, 9.17) is 4.98 Å². The normalized spacial score (nSPS) is 14.8. The molecule has 39 heavy (non-hydrogen) atoms. The van der Waals surface area contributed by atoms with Gasteiger partial charge < -0.3 is 4.90 Å². The van der Waals surface area contributed by atoms with Gasteiger partial charge in [-0.3, -0.25) is 15.0 Å². The molecule has 0 bridgehead atoms. The van der Waals surface area contributed by atoms with Crippen LogP contribution in [0.25, 0.3) is 27.9 Å². The van der Waals surface area contributed by atoms with Crippen LogP contribution in [0.5, 0.6) is 0 Å². The average Bonchev–Trinajstić information content (AvgIpc) is 3.38. The van der Waals surface area contributed by atoms with E-state index in [1.165, 1.54) is 18.2 Å². The van der Waals surface area contributed by atoms with Crippen molar-refractivity contribution in [2.75, 3.05) is 31.1 Å². The molecule has 1 fully saturated rings. The highest BCUT2D eigenvalue weighted by Gasteiger charge is 2.30. The number of nitro benzene ring substituents is 1. The van der Waals surface area contributed by atoms with Crippen molar-refractivity contribution in [1.29, 1.82) is 0 Å². The molecule has 0 aliphatic carbocycles. The first-order chi connectivity index (χ1) is 18.8. The molecule has 0 N–H and O–H groups in total. The van der Waals surface area contributed by atoms with Gasteiger partial charge in [-0.2, -0.15) is 13.2 Å². The third-order valence-corrected chi connectivity index (χ3v) is 6.91. The van der Waals surface area contributed by atoms with Gasteiger partial charge in [0.25, 0.3) is 5.69 Å². The van der Waals surface area contributed by atoms with Gasteiger partial charge in [-0.05, 0) is 35.9 Å². The van der Waals surface area contributed by atoms with Crippen LogP contribution in [0.3, 0.4) is 0 Å². The minimum absolute atomic E-state index is 0.0766. The van der Waals surface area contributed by atoms with Crippen LogP contribution in [0.2, 0.25) is 0 Å². The summed E-state index contributed by atoms with van der Waals surface area (Å²) in [5.41, 5.74) is 1.69. The van der Waals surface area contributed by atoms with E-state index < -0.39 is 16.7 Å². The zero-order valence-corrected chi connectivity index (χ0v) is 20.5. The van der Waals surface area contributed by atoms with E-state index in [2.05, 4.69) is 20.0 Å². The van der Waals surface area contributed by atoms with Crippen molar-refractivity contribution in [2.45, 2.75) is 12.7 Å². The Labute approximate surface area is 220 Å². The molecule has 3 aromatic carbocycles. The Balaban J connectivity index is 1.33. The van der Waals surface area contributed by atoms with Gasteiger partial charge in [0.05, 0.1) is 21.6 Å².